The fourth-order valence-electron chi connectivity index (χ4n) is 1.52. The summed E-state index contributed by atoms with van der Waals surface area (Å²) in [5, 5.41) is 11.2. The summed E-state index contributed by atoms with van der Waals surface area (Å²) >= 11 is 4.46. The Morgan fingerprint density at radius 1 is 1.16 bits per heavy atom. The van der Waals surface area contributed by atoms with Gasteiger partial charge in [-0.25, -0.2) is 0 Å². The molecule has 0 fully saturated rings. The van der Waals surface area contributed by atoms with Crippen LogP contribution < -0.4 is 5.32 Å². The van der Waals surface area contributed by atoms with Crippen LogP contribution in [0.15, 0.2) is 28.7 Å². The van der Waals surface area contributed by atoms with Gasteiger partial charge in [-0.15, -0.1) is 10.2 Å². The van der Waals surface area contributed by atoms with Crippen LogP contribution in [0.5, 0.6) is 0 Å². The third-order valence-electron chi connectivity index (χ3n) is 2.91. The van der Waals surface area contributed by atoms with Crippen LogP contribution in [0.1, 0.15) is 49.0 Å². The molecule has 0 aliphatic carbocycles. The molecule has 1 amide bonds. The van der Waals surface area contributed by atoms with Gasteiger partial charge in [-0.05, 0) is 35.0 Å². The first-order chi connectivity index (χ1) is 12.0. The lowest BCUT2D eigenvalue weighted by molar-refractivity contribution is -0.142. The maximum absolute atomic E-state index is 12.1. The molecule has 1 aromatic heterocycles. The summed E-state index contributed by atoms with van der Waals surface area (Å²) in [6.07, 6.45) is 2.69. The number of benzene rings is 1. The molecule has 2 rings (SSSR count). The number of amides is 1. The first kappa shape index (κ1) is 21.2. The number of hydrogen-bond donors (Lipinski definition) is 1. The highest BCUT2D eigenvalue weighted by Gasteiger charge is 2.14. The topological polar surface area (TPSA) is 81.2 Å². The first-order valence-electron chi connectivity index (χ1n) is 8.05. The summed E-state index contributed by atoms with van der Waals surface area (Å²) in [7, 11) is 0. The van der Waals surface area contributed by atoms with Gasteiger partial charge in [0, 0.05) is 4.47 Å². The molecule has 25 heavy (non-hydrogen) atoms. The molecular weight excluding hydrogens is 406 g/mol. The molecule has 0 saturated heterocycles. The number of carbonyl (C=O) groups excluding carboxylic acids is 2. The quantitative estimate of drug-likeness (QED) is 0.687. The minimum atomic E-state index is -0.364. The number of rotatable bonds is 6. The molecule has 8 heteroatoms. The lowest BCUT2D eigenvalue weighted by atomic mass is 10.2. The van der Waals surface area contributed by atoms with E-state index in [9.17, 15) is 9.59 Å². The van der Waals surface area contributed by atoms with Gasteiger partial charge < -0.3 is 4.74 Å². The molecule has 0 aliphatic rings. The van der Waals surface area contributed by atoms with E-state index in [0.717, 1.165) is 11.3 Å². The highest BCUT2D eigenvalue weighted by molar-refractivity contribution is 9.10. The van der Waals surface area contributed by atoms with Gasteiger partial charge in [0.1, 0.15) is 5.01 Å². The number of carbonyl (C=O) groups is 2. The van der Waals surface area contributed by atoms with E-state index in [0.29, 0.717) is 26.8 Å². The number of halogens is 1. The van der Waals surface area contributed by atoms with Crippen LogP contribution in [0.25, 0.3) is 0 Å². The molecule has 6 nitrogen and oxygen atoms in total. The maximum atomic E-state index is 12.1. The van der Waals surface area contributed by atoms with Crippen molar-refractivity contribution in [2.45, 2.75) is 40.0 Å². The number of ether oxygens (including phenoxy) is 1. The second kappa shape index (κ2) is 11.7. The van der Waals surface area contributed by atoms with E-state index >= 15 is 0 Å². The molecule has 1 heterocycles. The van der Waals surface area contributed by atoms with Gasteiger partial charge in [-0.3, -0.25) is 14.9 Å². The molecule has 0 bridgehead atoms. The predicted octanol–water partition coefficient (Wildman–Crippen LogP) is 4.46. The molecule has 136 valence electrons. The number of aromatic nitrogens is 2. The standard InChI is InChI=1S/C13H12BrN3O3S.C4H10/c1-2-20-11(18)7-10-16-17-13(21-10)15-12(19)8-5-3-4-6-9(8)14;1-3-4-2/h3-6H,2,7H2,1H3,(H,15,17,19);3-4H2,1-2H3. The Balaban J connectivity index is 0.000000705. The lowest BCUT2D eigenvalue weighted by Crippen LogP contribution is -2.12. The molecule has 0 unspecified atom stereocenters. The van der Waals surface area contributed by atoms with E-state index in [4.69, 9.17) is 4.74 Å². The van der Waals surface area contributed by atoms with Crippen molar-refractivity contribution in [1.29, 1.82) is 0 Å². The normalized spacial score (nSPS) is 9.76. The van der Waals surface area contributed by atoms with Gasteiger partial charge in [-0.1, -0.05) is 50.2 Å². The van der Waals surface area contributed by atoms with E-state index < -0.39 is 0 Å². The van der Waals surface area contributed by atoms with Gasteiger partial charge in [-0.2, -0.15) is 0 Å². The minimum absolute atomic E-state index is 0.0520. The number of nitrogens with zero attached hydrogens (tertiary/aromatic N) is 2. The van der Waals surface area contributed by atoms with E-state index in [1.54, 1.807) is 25.1 Å². The van der Waals surface area contributed by atoms with Crippen molar-refractivity contribution in [2.24, 2.45) is 0 Å². The maximum Gasteiger partial charge on any atom is 0.312 e. The highest BCUT2D eigenvalue weighted by atomic mass is 79.9. The van der Waals surface area contributed by atoms with Crippen LogP contribution in [0.2, 0.25) is 0 Å². The van der Waals surface area contributed by atoms with E-state index in [-0.39, 0.29) is 18.3 Å². The van der Waals surface area contributed by atoms with Crippen LogP contribution in [0.4, 0.5) is 5.13 Å². The average Bonchev–Trinajstić information content (AvgIpc) is 3.02. The summed E-state index contributed by atoms with van der Waals surface area (Å²) in [5.74, 6) is -0.654. The largest absolute Gasteiger partial charge is 0.466 e. The summed E-state index contributed by atoms with van der Waals surface area (Å²) in [5.41, 5.74) is 0.500. The zero-order chi connectivity index (χ0) is 18.7. The van der Waals surface area contributed by atoms with E-state index in [1.807, 2.05) is 6.07 Å². The lowest BCUT2D eigenvalue weighted by Gasteiger charge is -2.02. The number of anilines is 1. The number of unbranched alkanes of at least 4 members (excludes halogenated alkanes) is 1. The Labute approximate surface area is 160 Å². The predicted molar refractivity (Wildman–Crippen MR) is 103 cm³/mol. The summed E-state index contributed by atoms with van der Waals surface area (Å²) < 4.78 is 5.52. The second-order valence-electron chi connectivity index (χ2n) is 4.92. The van der Waals surface area contributed by atoms with Crippen LogP contribution in [-0.4, -0.2) is 28.7 Å². The average molecular weight is 428 g/mol. The number of hydrogen-bond acceptors (Lipinski definition) is 6. The van der Waals surface area contributed by atoms with Crippen molar-refractivity contribution in [1.82, 2.24) is 10.2 Å². The Morgan fingerprint density at radius 3 is 2.44 bits per heavy atom. The summed E-state index contributed by atoms with van der Waals surface area (Å²) in [6, 6.07) is 7.07. The summed E-state index contributed by atoms with van der Waals surface area (Å²) in [4.78, 5) is 23.4. The third-order valence-corrected chi connectivity index (χ3v) is 4.44. The highest BCUT2D eigenvalue weighted by Crippen LogP contribution is 2.20. The van der Waals surface area contributed by atoms with Crippen molar-refractivity contribution in [3.8, 4) is 0 Å². The Morgan fingerprint density at radius 2 is 1.84 bits per heavy atom. The van der Waals surface area contributed by atoms with Crippen LogP contribution >= 0.6 is 27.3 Å². The smallest absolute Gasteiger partial charge is 0.312 e. The van der Waals surface area contributed by atoms with Crippen molar-refractivity contribution >= 4 is 44.3 Å². The van der Waals surface area contributed by atoms with E-state index in [2.05, 4.69) is 45.3 Å². The van der Waals surface area contributed by atoms with Crippen molar-refractivity contribution in [3.05, 3.63) is 39.3 Å². The second-order valence-corrected chi connectivity index (χ2v) is 6.83. The first-order valence-corrected chi connectivity index (χ1v) is 9.66. The molecule has 0 spiro atoms. The fraction of sp³-hybridized carbons (Fsp3) is 0.412. The molecular formula is C17H22BrN3O3S. The molecule has 1 aromatic carbocycles. The van der Waals surface area contributed by atoms with Gasteiger partial charge in [0.25, 0.3) is 5.91 Å². The van der Waals surface area contributed by atoms with E-state index in [1.165, 1.54) is 12.8 Å². The zero-order valence-corrected chi connectivity index (χ0v) is 16.9. The van der Waals surface area contributed by atoms with Crippen LogP contribution in [0.3, 0.4) is 0 Å². The molecule has 2 aromatic rings. The van der Waals surface area contributed by atoms with Gasteiger partial charge in [0.05, 0.1) is 18.6 Å². The zero-order valence-electron chi connectivity index (χ0n) is 14.5. The number of esters is 1. The van der Waals surface area contributed by atoms with Gasteiger partial charge in [0.2, 0.25) is 5.13 Å². The third kappa shape index (κ3) is 7.74. The van der Waals surface area contributed by atoms with Crippen LogP contribution in [0, 0.1) is 0 Å². The van der Waals surface area contributed by atoms with Crippen molar-refractivity contribution in [3.63, 3.8) is 0 Å². The number of nitrogens with one attached hydrogen (secondary N) is 1. The molecule has 0 radical (unpaired) electrons. The SMILES string of the molecule is CCCC.CCOC(=O)Cc1nnc(NC(=O)c2ccccc2Br)s1. The van der Waals surface area contributed by atoms with Crippen LogP contribution in [-0.2, 0) is 16.0 Å². The monoisotopic (exact) mass is 427 g/mol. The molecule has 0 aliphatic heterocycles. The van der Waals surface area contributed by atoms with Crippen molar-refractivity contribution < 1.29 is 14.3 Å². The van der Waals surface area contributed by atoms with Gasteiger partial charge >= 0.3 is 5.97 Å². The molecule has 0 atom stereocenters. The van der Waals surface area contributed by atoms with Gasteiger partial charge in [0.15, 0.2) is 0 Å². The molecule has 0 saturated carbocycles. The Hall–Kier alpha value is -1.80. The molecule has 1 N–H and O–H groups in total. The van der Waals surface area contributed by atoms with Crippen molar-refractivity contribution in [2.75, 3.05) is 11.9 Å². The Bertz CT molecular complexity index is 689. The fourth-order valence-corrected chi connectivity index (χ4v) is 2.71. The summed E-state index contributed by atoms with van der Waals surface area (Å²) in [6.45, 7) is 6.42. The Kier molecular flexibility index (Phi) is 9.94. The minimum Gasteiger partial charge on any atom is -0.466 e.